The summed E-state index contributed by atoms with van der Waals surface area (Å²) in [6.45, 7) is 6.06. The van der Waals surface area contributed by atoms with Crippen LogP contribution in [-0.4, -0.2) is 0 Å². The van der Waals surface area contributed by atoms with Gasteiger partial charge in [-0.15, -0.1) is 6.58 Å². The van der Waals surface area contributed by atoms with E-state index in [9.17, 15) is 0 Å². The number of unbranched alkanes of at least 4 members (excludes halogenated alkanes) is 16. The van der Waals surface area contributed by atoms with Gasteiger partial charge in [0, 0.05) is 0 Å². The summed E-state index contributed by atoms with van der Waals surface area (Å²) in [5.74, 6) is 0. The maximum Gasteiger partial charge on any atom is -0.0351 e. The van der Waals surface area contributed by atoms with Gasteiger partial charge in [-0.1, -0.05) is 102 Å². The lowest BCUT2D eigenvalue weighted by molar-refractivity contribution is 0.561. The summed E-state index contributed by atoms with van der Waals surface area (Å²) in [5.41, 5.74) is 0. The van der Waals surface area contributed by atoms with Crippen LogP contribution in [0.4, 0.5) is 0 Å². The van der Waals surface area contributed by atoms with Gasteiger partial charge in [0.2, 0.25) is 0 Å². The Morgan fingerprint density at radius 3 is 1.22 bits per heavy atom. The van der Waals surface area contributed by atoms with Crippen molar-refractivity contribution >= 4 is 0 Å². The lowest BCUT2D eigenvalue weighted by Crippen LogP contribution is -1.81. The molecule has 0 amide bonds. The highest BCUT2D eigenvalue weighted by Gasteiger charge is 1.92. The maximum atomic E-state index is 3.77. The average molecular weight is 321 g/mol. The maximum absolute atomic E-state index is 3.77. The molecule has 0 rings (SSSR count). The minimum absolute atomic E-state index is 1.20. The van der Waals surface area contributed by atoms with Gasteiger partial charge >= 0.3 is 0 Å². The van der Waals surface area contributed by atoms with E-state index in [0.29, 0.717) is 0 Å². The molecule has 0 radical (unpaired) electrons. The van der Waals surface area contributed by atoms with Crippen LogP contribution in [0, 0.1) is 0 Å². The van der Waals surface area contributed by atoms with Crippen molar-refractivity contribution in [3.8, 4) is 0 Å². The third-order valence-electron chi connectivity index (χ3n) is 4.67. The van der Waals surface area contributed by atoms with Gasteiger partial charge in [0.25, 0.3) is 0 Å². The molecule has 0 atom stereocenters. The molecule has 136 valence electrons. The fourth-order valence-corrected chi connectivity index (χ4v) is 3.07. The smallest absolute Gasteiger partial charge is 0.0351 e. The van der Waals surface area contributed by atoms with Crippen LogP contribution in [0.2, 0.25) is 0 Å². The molecule has 0 heterocycles. The van der Waals surface area contributed by atoms with E-state index in [0.717, 1.165) is 0 Å². The van der Waals surface area contributed by atoms with Gasteiger partial charge in [0.05, 0.1) is 0 Å². The molecule has 0 spiro atoms. The van der Waals surface area contributed by atoms with Crippen molar-refractivity contribution in [3.63, 3.8) is 0 Å². The Hall–Kier alpha value is -0.520. The average Bonchev–Trinajstić information content (AvgIpc) is 2.57. The first-order chi connectivity index (χ1) is 11.4. The van der Waals surface area contributed by atoms with E-state index in [1.54, 1.807) is 0 Å². The van der Waals surface area contributed by atoms with Crippen molar-refractivity contribution in [2.75, 3.05) is 0 Å². The van der Waals surface area contributed by atoms with Crippen LogP contribution in [0.5, 0.6) is 0 Å². The number of allylic oxidation sites excluding steroid dienone is 3. The molecule has 0 unspecified atom stereocenters. The van der Waals surface area contributed by atoms with E-state index >= 15 is 0 Å². The van der Waals surface area contributed by atoms with Crippen molar-refractivity contribution in [1.82, 2.24) is 0 Å². The van der Waals surface area contributed by atoms with Gasteiger partial charge in [-0.25, -0.2) is 0 Å². The second-order valence-corrected chi connectivity index (χ2v) is 7.08. The van der Waals surface area contributed by atoms with E-state index in [4.69, 9.17) is 0 Å². The molecule has 0 aliphatic carbocycles. The van der Waals surface area contributed by atoms with Crippen LogP contribution < -0.4 is 0 Å². The van der Waals surface area contributed by atoms with Gasteiger partial charge < -0.3 is 0 Å². The van der Waals surface area contributed by atoms with Crippen molar-refractivity contribution in [3.05, 3.63) is 24.8 Å². The first-order valence-corrected chi connectivity index (χ1v) is 10.7. The van der Waals surface area contributed by atoms with Gasteiger partial charge in [0.1, 0.15) is 0 Å². The predicted molar refractivity (Wildman–Crippen MR) is 108 cm³/mol. The Kier molecular flexibility index (Phi) is 21.0. The van der Waals surface area contributed by atoms with Gasteiger partial charge in [-0.2, -0.15) is 0 Å². The summed E-state index contributed by atoms with van der Waals surface area (Å²) in [6, 6.07) is 0. The quantitative estimate of drug-likeness (QED) is 0.165. The summed E-state index contributed by atoms with van der Waals surface area (Å²) < 4.78 is 0. The molecule has 23 heavy (non-hydrogen) atoms. The van der Waals surface area contributed by atoms with Crippen molar-refractivity contribution in [2.24, 2.45) is 0 Å². The van der Waals surface area contributed by atoms with Gasteiger partial charge in [0.15, 0.2) is 0 Å². The largest absolute Gasteiger partial charge is 0.103 e. The molecule has 0 N–H and O–H groups in total. The highest BCUT2D eigenvalue weighted by atomic mass is 14.0. The van der Waals surface area contributed by atoms with Gasteiger partial charge in [-0.3, -0.25) is 0 Å². The molecular weight excluding hydrogens is 276 g/mol. The molecule has 0 saturated carbocycles. The fraction of sp³-hybridized carbons (Fsp3) is 0.826. The molecule has 0 aliphatic heterocycles. The second kappa shape index (κ2) is 21.5. The van der Waals surface area contributed by atoms with Crippen LogP contribution in [0.15, 0.2) is 24.8 Å². The Morgan fingerprint density at radius 1 is 0.478 bits per heavy atom. The van der Waals surface area contributed by atoms with Crippen molar-refractivity contribution < 1.29 is 0 Å². The minimum atomic E-state index is 1.20. The van der Waals surface area contributed by atoms with Crippen molar-refractivity contribution in [2.45, 2.75) is 122 Å². The summed E-state index contributed by atoms with van der Waals surface area (Å²) in [6.07, 6.45) is 31.9. The van der Waals surface area contributed by atoms with Crippen LogP contribution in [0.3, 0.4) is 0 Å². The molecule has 0 bridgehead atoms. The van der Waals surface area contributed by atoms with Crippen LogP contribution in [0.1, 0.15) is 122 Å². The van der Waals surface area contributed by atoms with Crippen LogP contribution >= 0.6 is 0 Å². The molecule has 0 aliphatic rings. The fourth-order valence-electron chi connectivity index (χ4n) is 3.07. The lowest BCUT2D eigenvalue weighted by Gasteiger charge is -2.01. The molecule has 0 aromatic heterocycles. The summed E-state index contributed by atoms with van der Waals surface area (Å²) in [5, 5.41) is 0. The molecule has 0 heteroatoms. The third kappa shape index (κ3) is 21.5. The van der Waals surface area contributed by atoms with E-state index in [-0.39, 0.29) is 0 Å². The second-order valence-electron chi connectivity index (χ2n) is 7.08. The lowest BCUT2D eigenvalue weighted by atomic mass is 10.1. The molecule has 0 aromatic carbocycles. The number of hydrogen-bond acceptors (Lipinski definition) is 0. The first kappa shape index (κ1) is 22.5. The highest BCUT2D eigenvalue weighted by Crippen LogP contribution is 2.12. The monoisotopic (exact) mass is 320 g/mol. The molecule has 0 nitrogen and oxygen atoms in total. The number of rotatable bonds is 19. The predicted octanol–water partition coefficient (Wildman–Crippen LogP) is 8.77. The highest BCUT2D eigenvalue weighted by molar-refractivity contribution is 4.81. The van der Waals surface area contributed by atoms with Gasteiger partial charge in [-0.05, 0) is 38.5 Å². The molecule has 0 aromatic rings. The van der Waals surface area contributed by atoms with E-state index < -0.39 is 0 Å². The first-order valence-electron chi connectivity index (χ1n) is 10.7. The Labute approximate surface area is 147 Å². The normalized spacial score (nSPS) is 11.3. The Balaban J connectivity index is 3.03. The topological polar surface area (TPSA) is 0 Å². The zero-order valence-electron chi connectivity index (χ0n) is 16.2. The SMILES string of the molecule is C=CCCCCCCCCCCC/C=C/CCCCCCCC. The Morgan fingerprint density at radius 2 is 0.826 bits per heavy atom. The summed E-state index contributed by atoms with van der Waals surface area (Å²) >= 11 is 0. The third-order valence-corrected chi connectivity index (χ3v) is 4.67. The van der Waals surface area contributed by atoms with E-state index in [2.05, 4.69) is 25.7 Å². The molecule has 0 fully saturated rings. The Bertz CT molecular complexity index is 238. The minimum Gasteiger partial charge on any atom is -0.103 e. The van der Waals surface area contributed by atoms with Crippen LogP contribution in [0.25, 0.3) is 0 Å². The summed E-state index contributed by atoms with van der Waals surface area (Å²) in [7, 11) is 0. The van der Waals surface area contributed by atoms with Crippen molar-refractivity contribution in [1.29, 1.82) is 0 Å². The zero-order chi connectivity index (χ0) is 16.8. The molecule has 0 saturated heterocycles. The summed E-state index contributed by atoms with van der Waals surface area (Å²) in [4.78, 5) is 0. The van der Waals surface area contributed by atoms with Crippen LogP contribution in [-0.2, 0) is 0 Å². The van der Waals surface area contributed by atoms with E-state index in [1.165, 1.54) is 116 Å². The van der Waals surface area contributed by atoms with E-state index in [1.807, 2.05) is 6.08 Å². The standard InChI is InChI=1S/C23H44/c1-3-5-7-9-11-13-15-17-19-21-23-22-20-18-16-14-12-10-8-6-4-2/h3,18,20H,1,4-17,19,21-23H2,2H3/b20-18+. The zero-order valence-corrected chi connectivity index (χ0v) is 16.2. The number of hydrogen-bond donors (Lipinski definition) is 0. The molecular formula is C23H44.